The number of carbonyl (C=O) groups is 3. The normalized spacial score (nSPS) is 10.2. The molecule has 0 bridgehead atoms. The molecule has 2 aromatic rings. The molecule has 0 atom stereocenters. The van der Waals surface area contributed by atoms with Crippen LogP contribution < -0.4 is 9.47 Å². The number of rotatable bonds is 9. The van der Waals surface area contributed by atoms with Crippen LogP contribution in [-0.4, -0.2) is 44.1 Å². The van der Waals surface area contributed by atoms with Crippen LogP contribution in [0.15, 0.2) is 47.4 Å². The van der Waals surface area contributed by atoms with Gasteiger partial charge < -0.3 is 14.2 Å². The first-order chi connectivity index (χ1) is 13.0. The van der Waals surface area contributed by atoms with E-state index in [0.717, 1.165) is 0 Å². The minimum absolute atomic E-state index is 0.00458. The second-order valence-corrected chi connectivity index (χ2v) is 6.57. The molecule has 142 valence electrons. The molecule has 6 nitrogen and oxygen atoms in total. The Morgan fingerprint density at radius 3 is 2.37 bits per heavy atom. The number of methoxy groups -OCH3 is 2. The van der Waals surface area contributed by atoms with Gasteiger partial charge in [-0.15, -0.1) is 11.8 Å². The van der Waals surface area contributed by atoms with Crippen LogP contribution in [0, 0.1) is 0 Å². The van der Waals surface area contributed by atoms with Gasteiger partial charge in [-0.2, -0.15) is 0 Å². The third-order valence-corrected chi connectivity index (χ3v) is 4.80. The largest absolute Gasteiger partial charge is 0.497 e. The monoisotopic (exact) mass is 388 g/mol. The molecule has 0 aromatic heterocycles. The van der Waals surface area contributed by atoms with Crippen LogP contribution in [0.25, 0.3) is 0 Å². The lowest BCUT2D eigenvalue weighted by Crippen LogP contribution is -2.15. The fourth-order valence-electron chi connectivity index (χ4n) is 2.26. The molecule has 0 unspecified atom stereocenters. The minimum atomic E-state index is -0.623. The predicted molar refractivity (Wildman–Crippen MR) is 102 cm³/mol. The maximum Gasteiger partial charge on any atom is 0.339 e. The van der Waals surface area contributed by atoms with Crippen molar-refractivity contribution < 1.29 is 28.6 Å². The molecule has 2 aromatic carbocycles. The second kappa shape index (κ2) is 9.78. The van der Waals surface area contributed by atoms with Crippen LogP contribution in [0.5, 0.6) is 11.5 Å². The number of Topliss-reactive ketones (excluding diaryl/α,β-unsaturated/α-hetero) is 2. The van der Waals surface area contributed by atoms with Crippen molar-refractivity contribution in [2.24, 2.45) is 0 Å². The third kappa shape index (κ3) is 5.59. The first-order valence-corrected chi connectivity index (χ1v) is 9.08. The molecule has 0 heterocycles. The van der Waals surface area contributed by atoms with Crippen LogP contribution in [0.1, 0.15) is 27.6 Å². The minimum Gasteiger partial charge on any atom is -0.497 e. The summed E-state index contributed by atoms with van der Waals surface area (Å²) in [5, 5.41) is 0. The highest BCUT2D eigenvalue weighted by Gasteiger charge is 2.18. The average Bonchev–Trinajstić information content (AvgIpc) is 2.69. The Labute approximate surface area is 161 Å². The summed E-state index contributed by atoms with van der Waals surface area (Å²) in [6.07, 6.45) is 0. The Morgan fingerprint density at radius 1 is 0.963 bits per heavy atom. The van der Waals surface area contributed by atoms with Crippen molar-refractivity contribution in [3.63, 3.8) is 0 Å². The zero-order valence-corrected chi connectivity index (χ0v) is 16.1. The fourth-order valence-corrected chi connectivity index (χ4v) is 3.10. The standard InChI is InChI=1S/C20H20O6S/c1-13(21)12-27-19-7-5-4-6-16(19)20(23)26-11-17(22)15-9-8-14(24-2)10-18(15)25-3/h4-10H,11-12H2,1-3H3. The van der Waals surface area contributed by atoms with Gasteiger partial charge in [0, 0.05) is 11.0 Å². The highest BCUT2D eigenvalue weighted by Crippen LogP contribution is 2.26. The van der Waals surface area contributed by atoms with Gasteiger partial charge in [0.15, 0.2) is 6.61 Å². The van der Waals surface area contributed by atoms with Gasteiger partial charge in [0.25, 0.3) is 0 Å². The van der Waals surface area contributed by atoms with E-state index in [4.69, 9.17) is 14.2 Å². The van der Waals surface area contributed by atoms with E-state index in [9.17, 15) is 14.4 Å². The number of carbonyl (C=O) groups excluding carboxylic acids is 3. The number of ketones is 2. The van der Waals surface area contributed by atoms with Gasteiger partial charge in [0.1, 0.15) is 17.3 Å². The van der Waals surface area contributed by atoms with E-state index in [1.807, 2.05) is 0 Å². The average molecular weight is 388 g/mol. The number of hydrogen-bond acceptors (Lipinski definition) is 7. The van der Waals surface area contributed by atoms with Gasteiger partial charge in [0.05, 0.1) is 31.1 Å². The molecule has 27 heavy (non-hydrogen) atoms. The van der Waals surface area contributed by atoms with Gasteiger partial charge >= 0.3 is 5.97 Å². The van der Waals surface area contributed by atoms with E-state index in [-0.39, 0.29) is 11.5 Å². The van der Waals surface area contributed by atoms with Crippen LogP contribution in [0.4, 0.5) is 0 Å². The highest BCUT2D eigenvalue weighted by atomic mass is 32.2. The molecule has 0 N–H and O–H groups in total. The zero-order valence-electron chi connectivity index (χ0n) is 15.3. The van der Waals surface area contributed by atoms with Gasteiger partial charge in [-0.25, -0.2) is 4.79 Å². The fraction of sp³-hybridized carbons (Fsp3) is 0.250. The van der Waals surface area contributed by atoms with Crippen LogP contribution in [-0.2, 0) is 9.53 Å². The molecule has 0 saturated heterocycles. The van der Waals surface area contributed by atoms with E-state index < -0.39 is 18.4 Å². The molecule has 0 spiro atoms. The van der Waals surface area contributed by atoms with E-state index in [1.165, 1.54) is 32.9 Å². The van der Waals surface area contributed by atoms with Crippen molar-refractivity contribution in [2.45, 2.75) is 11.8 Å². The Hall–Kier alpha value is -2.80. The maximum atomic E-state index is 12.4. The molecular weight excluding hydrogens is 368 g/mol. The van der Waals surface area contributed by atoms with Crippen LogP contribution in [0.3, 0.4) is 0 Å². The number of thioether (sulfide) groups is 1. The summed E-state index contributed by atoms with van der Waals surface area (Å²) in [5.41, 5.74) is 0.614. The van der Waals surface area contributed by atoms with E-state index in [0.29, 0.717) is 27.5 Å². The summed E-state index contributed by atoms with van der Waals surface area (Å²) in [5.74, 6) is 0.139. The Balaban J connectivity index is 2.08. The molecule has 0 amide bonds. The third-order valence-electron chi connectivity index (χ3n) is 3.58. The summed E-state index contributed by atoms with van der Waals surface area (Å²) in [4.78, 5) is 36.6. The molecule has 0 aliphatic rings. The van der Waals surface area contributed by atoms with Gasteiger partial charge in [0.2, 0.25) is 5.78 Å². The SMILES string of the molecule is COc1ccc(C(=O)COC(=O)c2ccccc2SCC(C)=O)c(OC)c1. The lowest BCUT2D eigenvalue weighted by atomic mass is 10.1. The van der Waals surface area contributed by atoms with Gasteiger partial charge in [-0.05, 0) is 31.2 Å². The summed E-state index contributed by atoms with van der Waals surface area (Å²) in [6.45, 7) is 1.06. The summed E-state index contributed by atoms with van der Waals surface area (Å²) >= 11 is 1.26. The van der Waals surface area contributed by atoms with Crippen molar-refractivity contribution in [1.82, 2.24) is 0 Å². The molecule has 0 radical (unpaired) electrons. The van der Waals surface area contributed by atoms with E-state index in [1.54, 1.807) is 42.5 Å². The summed E-state index contributed by atoms with van der Waals surface area (Å²) in [6, 6.07) is 11.6. The van der Waals surface area contributed by atoms with Crippen molar-refractivity contribution in [3.05, 3.63) is 53.6 Å². The lowest BCUT2D eigenvalue weighted by molar-refractivity contribution is -0.114. The zero-order chi connectivity index (χ0) is 19.8. The molecule has 0 saturated carbocycles. The summed E-state index contributed by atoms with van der Waals surface area (Å²) < 4.78 is 15.5. The van der Waals surface area contributed by atoms with Crippen LogP contribution in [0.2, 0.25) is 0 Å². The van der Waals surface area contributed by atoms with Crippen molar-refractivity contribution in [2.75, 3.05) is 26.6 Å². The number of hydrogen-bond donors (Lipinski definition) is 0. The first kappa shape index (κ1) is 20.5. The number of benzene rings is 2. The summed E-state index contributed by atoms with van der Waals surface area (Å²) in [7, 11) is 2.96. The molecule has 7 heteroatoms. The Bertz CT molecular complexity index is 846. The van der Waals surface area contributed by atoms with Gasteiger partial charge in [-0.1, -0.05) is 12.1 Å². The molecular formula is C20H20O6S. The lowest BCUT2D eigenvalue weighted by Gasteiger charge is -2.11. The Kier molecular flexibility index (Phi) is 7.43. The first-order valence-electron chi connectivity index (χ1n) is 8.10. The molecule has 0 fully saturated rings. The smallest absolute Gasteiger partial charge is 0.339 e. The molecule has 0 aliphatic carbocycles. The second-order valence-electron chi connectivity index (χ2n) is 5.55. The maximum absolute atomic E-state index is 12.4. The van der Waals surface area contributed by atoms with Crippen molar-refractivity contribution in [3.8, 4) is 11.5 Å². The van der Waals surface area contributed by atoms with Gasteiger partial charge in [-0.3, -0.25) is 9.59 Å². The number of esters is 1. The van der Waals surface area contributed by atoms with Crippen molar-refractivity contribution >= 4 is 29.3 Å². The Morgan fingerprint density at radius 2 is 1.70 bits per heavy atom. The quantitative estimate of drug-likeness (QED) is 0.370. The number of ether oxygens (including phenoxy) is 3. The predicted octanol–water partition coefficient (Wildman–Crippen LogP) is 3.42. The van der Waals surface area contributed by atoms with Crippen molar-refractivity contribution in [1.29, 1.82) is 0 Å². The highest BCUT2D eigenvalue weighted by molar-refractivity contribution is 8.00. The van der Waals surface area contributed by atoms with Crippen LogP contribution >= 0.6 is 11.8 Å². The van der Waals surface area contributed by atoms with E-state index in [2.05, 4.69) is 0 Å². The van der Waals surface area contributed by atoms with E-state index >= 15 is 0 Å². The molecule has 0 aliphatic heterocycles. The molecule has 2 rings (SSSR count). The topological polar surface area (TPSA) is 78.9 Å².